The number of hydrogen-bond acceptors (Lipinski definition) is 3. The molecule has 1 aliphatic heterocycles. The van der Waals surface area contributed by atoms with E-state index in [1.807, 2.05) is 12.1 Å². The van der Waals surface area contributed by atoms with Crippen molar-refractivity contribution >= 4 is 37.5 Å². The molecule has 1 aliphatic carbocycles. The molecule has 0 amide bonds. The second kappa shape index (κ2) is 5.85. The second-order valence-electron chi connectivity index (χ2n) is 5.69. The van der Waals surface area contributed by atoms with Crippen LogP contribution in [0.2, 0.25) is 0 Å². The second-order valence-corrected chi connectivity index (χ2v) is 7.39. The summed E-state index contributed by atoms with van der Waals surface area (Å²) < 4.78 is 13.4. The lowest BCUT2D eigenvalue weighted by Crippen LogP contribution is -2.49. The number of benzene rings is 1. The van der Waals surface area contributed by atoms with Gasteiger partial charge in [-0.05, 0) is 70.0 Å². The molecule has 1 heterocycles. The first kappa shape index (κ1) is 14.7. The van der Waals surface area contributed by atoms with Crippen molar-refractivity contribution < 1.29 is 9.47 Å². The Balaban J connectivity index is 1.74. The third-order valence-corrected chi connectivity index (χ3v) is 5.63. The number of rotatable bonds is 3. The molecule has 20 heavy (non-hydrogen) atoms. The van der Waals surface area contributed by atoms with E-state index in [1.165, 1.54) is 19.3 Å². The van der Waals surface area contributed by atoms with Crippen LogP contribution in [0.25, 0.3) is 0 Å². The Hall–Kier alpha value is -0.260. The molecular weight excluding hydrogens is 386 g/mol. The normalized spacial score (nSPS) is 24.2. The van der Waals surface area contributed by atoms with Gasteiger partial charge in [-0.3, -0.25) is 0 Å². The molecule has 1 spiro atoms. The highest BCUT2D eigenvalue weighted by molar-refractivity contribution is 9.11. The van der Waals surface area contributed by atoms with Crippen LogP contribution in [-0.2, 0) is 4.74 Å². The quantitative estimate of drug-likeness (QED) is 0.789. The summed E-state index contributed by atoms with van der Waals surface area (Å²) in [4.78, 5) is 0. The maximum atomic E-state index is 5.98. The average molecular weight is 405 g/mol. The van der Waals surface area contributed by atoms with Crippen molar-refractivity contribution in [2.75, 3.05) is 19.0 Å². The highest BCUT2D eigenvalue weighted by Crippen LogP contribution is 2.43. The molecule has 0 radical (unpaired) electrons. The minimum absolute atomic E-state index is 0.168. The Kier molecular flexibility index (Phi) is 4.29. The number of halogens is 2. The molecule has 0 bridgehead atoms. The Labute approximate surface area is 136 Å². The van der Waals surface area contributed by atoms with E-state index in [0.29, 0.717) is 6.04 Å². The van der Waals surface area contributed by atoms with Crippen molar-refractivity contribution in [3.05, 3.63) is 21.1 Å². The SMILES string of the molecule is COc1cc(NC2CCOC3(CCC3)C2)c(Br)cc1Br. The van der Waals surface area contributed by atoms with Gasteiger partial charge in [0.1, 0.15) is 5.75 Å². The number of nitrogens with one attached hydrogen (secondary N) is 1. The monoisotopic (exact) mass is 403 g/mol. The van der Waals surface area contributed by atoms with Gasteiger partial charge < -0.3 is 14.8 Å². The number of hydrogen-bond donors (Lipinski definition) is 1. The summed E-state index contributed by atoms with van der Waals surface area (Å²) in [5.74, 6) is 0.848. The summed E-state index contributed by atoms with van der Waals surface area (Å²) in [6.45, 7) is 0.864. The van der Waals surface area contributed by atoms with Crippen molar-refractivity contribution in [1.29, 1.82) is 0 Å². The zero-order valence-electron chi connectivity index (χ0n) is 11.5. The summed E-state index contributed by atoms with van der Waals surface area (Å²) in [5, 5.41) is 3.65. The predicted molar refractivity (Wildman–Crippen MR) is 87.6 cm³/mol. The molecule has 1 saturated heterocycles. The third kappa shape index (κ3) is 2.85. The van der Waals surface area contributed by atoms with Crippen LogP contribution in [0.1, 0.15) is 32.1 Å². The van der Waals surface area contributed by atoms with Gasteiger partial charge in [-0.2, -0.15) is 0 Å². The first-order chi connectivity index (χ1) is 9.62. The van der Waals surface area contributed by atoms with Crippen LogP contribution in [0.15, 0.2) is 21.1 Å². The van der Waals surface area contributed by atoms with E-state index < -0.39 is 0 Å². The largest absolute Gasteiger partial charge is 0.495 e. The summed E-state index contributed by atoms with van der Waals surface area (Å²) in [5.41, 5.74) is 1.26. The minimum atomic E-state index is 0.168. The molecule has 5 heteroatoms. The van der Waals surface area contributed by atoms with Crippen molar-refractivity contribution in [1.82, 2.24) is 0 Å². The lowest BCUT2D eigenvalue weighted by molar-refractivity contribution is -0.130. The molecule has 110 valence electrons. The Bertz CT molecular complexity index is 503. The molecule has 3 nitrogen and oxygen atoms in total. The van der Waals surface area contributed by atoms with E-state index >= 15 is 0 Å². The van der Waals surface area contributed by atoms with E-state index in [0.717, 1.165) is 39.8 Å². The van der Waals surface area contributed by atoms with Crippen LogP contribution in [0.3, 0.4) is 0 Å². The van der Waals surface area contributed by atoms with Crippen LogP contribution in [0.4, 0.5) is 5.69 Å². The molecule has 1 saturated carbocycles. The zero-order chi connectivity index (χ0) is 14.2. The Morgan fingerprint density at radius 1 is 1.30 bits per heavy atom. The lowest BCUT2D eigenvalue weighted by Gasteiger charge is -2.47. The topological polar surface area (TPSA) is 30.5 Å². The first-order valence-corrected chi connectivity index (χ1v) is 8.64. The van der Waals surface area contributed by atoms with Gasteiger partial charge in [-0.1, -0.05) is 0 Å². The highest BCUT2D eigenvalue weighted by Gasteiger charge is 2.42. The number of ether oxygens (including phenoxy) is 2. The standard InChI is InChI=1S/C15H19Br2NO2/c1-19-14-8-13(11(16)7-12(14)17)18-10-3-6-20-15(9-10)4-2-5-15/h7-8,10,18H,2-6,9H2,1H3. The number of methoxy groups -OCH3 is 1. The Morgan fingerprint density at radius 3 is 2.75 bits per heavy atom. The number of anilines is 1. The van der Waals surface area contributed by atoms with Crippen molar-refractivity contribution in [3.8, 4) is 5.75 Å². The van der Waals surface area contributed by atoms with Gasteiger partial charge in [-0.25, -0.2) is 0 Å². The third-order valence-electron chi connectivity index (χ3n) is 4.36. The van der Waals surface area contributed by atoms with E-state index in [1.54, 1.807) is 7.11 Å². The van der Waals surface area contributed by atoms with Crippen LogP contribution in [0.5, 0.6) is 5.75 Å². The fourth-order valence-electron chi connectivity index (χ4n) is 3.09. The fraction of sp³-hybridized carbons (Fsp3) is 0.600. The first-order valence-electron chi connectivity index (χ1n) is 7.05. The van der Waals surface area contributed by atoms with Crippen molar-refractivity contribution in [3.63, 3.8) is 0 Å². The lowest BCUT2D eigenvalue weighted by atomic mass is 9.74. The van der Waals surface area contributed by atoms with Crippen LogP contribution in [0, 0.1) is 0 Å². The molecule has 1 aromatic rings. The molecule has 1 atom stereocenters. The van der Waals surface area contributed by atoms with Gasteiger partial charge in [0, 0.05) is 23.2 Å². The van der Waals surface area contributed by atoms with Gasteiger partial charge in [0.05, 0.1) is 22.9 Å². The molecule has 1 aromatic carbocycles. The van der Waals surface area contributed by atoms with E-state index in [2.05, 4.69) is 37.2 Å². The Morgan fingerprint density at radius 2 is 2.10 bits per heavy atom. The van der Waals surface area contributed by atoms with Crippen molar-refractivity contribution in [2.45, 2.75) is 43.7 Å². The smallest absolute Gasteiger partial charge is 0.135 e. The summed E-state index contributed by atoms with van der Waals surface area (Å²) in [6, 6.07) is 4.54. The maximum absolute atomic E-state index is 5.98. The van der Waals surface area contributed by atoms with Gasteiger partial charge in [0.15, 0.2) is 0 Å². The van der Waals surface area contributed by atoms with E-state index in [9.17, 15) is 0 Å². The molecule has 2 fully saturated rings. The van der Waals surface area contributed by atoms with Gasteiger partial charge in [0.2, 0.25) is 0 Å². The molecule has 1 unspecified atom stereocenters. The fourth-order valence-corrected chi connectivity index (χ4v) is 4.36. The molecular formula is C15H19Br2NO2. The van der Waals surface area contributed by atoms with E-state index in [4.69, 9.17) is 9.47 Å². The molecule has 0 aromatic heterocycles. The van der Waals surface area contributed by atoms with E-state index in [-0.39, 0.29) is 5.60 Å². The molecule has 2 aliphatic rings. The van der Waals surface area contributed by atoms with Gasteiger partial charge >= 0.3 is 0 Å². The van der Waals surface area contributed by atoms with Crippen LogP contribution in [-0.4, -0.2) is 25.4 Å². The highest BCUT2D eigenvalue weighted by atomic mass is 79.9. The zero-order valence-corrected chi connectivity index (χ0v) is 14.7. The minimum Gasteiger partial charge on any atom is -0.495 e. The van der Waals surface area contributed by atoms with Crippen molar-refractivity contribution in [2.24, 2.45) is 0 Å². The van der Waals surface area contributed by atoms with Crippen LogP contribution < -0.4 is 10.1 Å². The van der Waals surface area contributed by atoms with Crippen LogP contribution >= 0.6 is 31.9 Å². The maximum Gasteiger partial charge on any atom is 0.135 e. The summed E-state index contributed by atoms with van der Waals surface area (Å²) in [7, 11) is 1.69. The van der Waals surface area contributed by atoms with Gasteiger partial charge in [0.25, 0.3) is 0 Å². The summed E-state index contributed by atoms with van der Waals surface area (Å²) in [6.07, 6.45) is 5.92. The summed E-state index contributed by atoms with van der Waals surface area (Å²) >= 11 is 7.12. The molecule has 1 N–H and O–H groups in total. The predicted octanol–water partition coefficient (Wildman–Crippen LogP) is 4.73. The average Bonchev–Trinajstić information content (AvgIpc) is 2.40. The van der Waals surface area contributed by atoms with Gasteiger partial charge in [-0.15, -0.1) is 0 Å². The molecule has 3 rings (SSSR count).